The van der Waals surface area contributed by atoms with E-state index < -0.39 is 5.41 Å². The Bertz CT molecular complexity index is 422. The van der Waals surface area contributed by atoms with Crippen LogP contribution < -0.4 is 5.73 Å². The van der Waals surface area contributed by atoms with Crippen LogP contribution in [0.5, 0.6) is 0 Å². The van der Waals surface area contributed by atoms with Gasteiger partial charge >= 0.3 is 0 Å². The van der Waals surface area contributed by atoms with Crippen LogP contribution in [0.25, 0.3) is 0 Å². The molecule has 2 N–H and O–H groups in total. The second kappa shape index (κ2) is 7.44. The summed E-state index contributed by atoms with van der Waals surface area (Å²) >= 11 is 0. The average Bonchev–Trinajstić information content (AvgIpc) is 2.46. The Balaban J connectivity index is 3.00. The lowest BCUT2D eigenvalue weighted by molar-refractivity contribution is -0.145. The molecule has 1 aliphatic heterocycles. The van der Waals surface area contributed by atoms with Crippen molar-refractivity contribution in [1.82, 2.24) is 4.90 Å². The van der Waals surface area contributed by atoms with Crippen LogP contribution in [0.4, 0.5) is 0 Å². The van der Waals surface area contributed by atoms with E-state index in [1.165, 1.54) is 0 Å². The molecule has 5 heteroatoms. The van der Waals surface area contributed by atoms with Crippen LogP contribution in [-0.2, 0) is 9.59 Å². The van der Waals surface area contributed by atoms with E-state index in [2.05, 4.69) is 6.07 Å². The van der Waals surface area contributed by atoms with Gasteiger partial charge in [-0.1, -0.05) is 26.7 Å². The lowest BCUT2D eigenvalue weighted by Crippen LogP contribution is -2.53. The Morgan fingerprint density at radius 2 is 1.86 bits per heavy atom. The average molecular weight is 293 g/mol. The number of likely N-dealkylation sites (tertiary alicyclic amines) is 1. The number of nitriles is 1. The zero-order chi connectivity index (χ0) is 16.0. The summed E-state index contributed by atoms with van der Waals surface area (Å²) in [5, 5.41) is 9.61. The highest BCUT2D eigenvalue weighted by molar-refractivity contribution is 5.87. The lowest BCUT2D eigenvalue weighted by atomic mass is 9.78. The van der Waals surface area contributed by atoms with E-state index >= 15 is 0 Å². The Morgan fingerprint density at radius 3 is 2.29 bits per heavy atom. The SMILES string of the molecule is CCCC(C#N)(CCC)C(=O)N1CC(C(N)=O)CCC1C. The second-order valence-corrected chi connectivity index (χ2v) is 6.18. The molecule has 0 saturated carbocycles. The summed E-state index contributed by atoms with van der Waals surface area (Å²) in [6.45, 7) is 6.31. The Labute approximate surface area is 127 Å². The standard InChI is InChI=1S/C16H27N3O2/c1-4-8-16(11-17,9-5-2)15(21)19-10-13(14(18)20)7-6-12(19)3/h12-13H,4-10H2,1-3H3,(H2,18,20). The molecule has 118 valence electrons. The summed E-state index contributed by atoms with van der Waals surface area (Å²) in [6, 6.07) is 2.34. The molecule has 1 fully saturated rings. The number of amides is 2. The van der Waals surface area contributed by atoms with E-state index in [9.17, 15) is 14.9 Å². The predicted molar refractivity (Wildman–Crippen MR) is 81.0 cm³/mol. The van der Waals surface area contributed by atoms with Gasteiger partial charge in [-0.05, 0) is 32.6 Å². The summed E-state index contributed by atoms with van der Waals surface area (Å²) < 4.78 is 0. The summed E-state index contributed by atoms with van der Waals surface area (Å²) in [5.41, 5.74) is 4.44. The molecule has 5 nitrogen and oxygen atoms in total. The topological polar surface area (TPSA) is 87.2 Å². The monoisotopic (exact) mass is 293 g/mol. The fourth-order valence-electron chi connectivity index (χ4n) is 3.25. The Morgan fingerprint density at radius 1 is 1.29 bits per heavy atom. The molecule has 2 atom stereocenters. The third kappa shape index (κ3) is 3.75. The van der Waals surface area contributed by atoms with Gasteiger partial charge in [-0.3, -0.25) is 9.59 Å². The van der Waals surface area contributed by atoms with Gasteiger partial charge in [0.05, 0.1) is 12.0 Å². The van der Waals surface area contributed by atoms with Gasteiger partial charge in [0.25, 0.3) is 0 Å². The molecule has 2 unspecified atom stereocenters. The normalized spacial score (nSPS) is 22.7. The molecular formula is C16H27N3O2. The molecule has 0 aromatic rings. The van der Waals surface area contributed by atoms with Gasteiger partial charge in [0, 0.05) is 12.6 Å². The molecule has 0 radical (unpaired) electrons. The van der Waals surface area contributed by atoms with Crippen molar-refractivity contribution in [2.45, 2.75) is 65.3 Å². The first-order valence-corrected chi connectivity index (χ1v) is 7.93. The van der Waals surface area contributed by atoms with Crippen molar-refractivity contribution in [1.29, 1.82) is 5.26 Å². The summed E-state index contributed by atoms with van der Waals surface area (Å²) in [7, 11) is 0. The number of carbonyl (C=O) groups excluding carboxylic acids is 2. The molecule has 0 bridgehead atoms. The molecule has 2 amide bonds. The van der Waals surface area contributed by atoms with Gasteiger partial charge in [0.15, 0.2) is 0 Å². The van der Waals surface area contributed by atoms with E-state index in [-0.39, 0.29) is 23.8 Å². The number of hydrogen-bond acceptors (Lipinski definition) is 3. The maximum absolute atomic E-state index is 13.0. The van der Waals surface area contributed by atoms with Crippen LogP contribution in [0.2, 0.25) is 0 Å². The van der Waals surface area contributed by atoms with E-state index in [0.717, 1.165) is 25.7 Å². The molecule has 1 saturated heterocycles. The fraction of sp³-hybridized carbons (Fsp3) is 0.812. The minimum atomic E-state index is -0.947. The minimum absolute atomic E-state index is 0.0644. The van der Waals surface area contributed by atoms with Crippen LogP contribution in [0.1, 0.15) is 59.3 Å². The first kappa shape index (κ1) is 17.5. The minimum Gasteiger partial charge on any atom is -0.369 e. The zero-order valence-corrected chi connectivity index (χ0v) is 13.4. The van der Waals surface area contributed by atoms with Gasteiger partial charge < -0.3 is 10.6 Å². The van der Waals surface area contributed by atoms with Crippen molar-refractivity contribution < 1.29 is 9.59 Å². The third-order valence-electron chi connectivity index (χ3n) is 4.52. The van der Waals surface area contributed by atoms with Gasteiger partial charge in [-0.2, -0.15) is 5.26 Å². The van der Waals surface area contributed by atoms with Crippen molar-refractivity contribution in [2.75, 3.05) is 6.54 Å². The number of carbonyl (C=O) groups is 2. The molecule has 0 aliphatic carbocycles. The Kier molecular flexibility index (Phi) is 6.19. The molecule has 0 aromatic heterocycles. The largest absolute Gasteiger partial charge is 0.369 e. The number of hydrogen-bond donors (Lipinski definition) is 1. The van der Waals surface area contributed by atoms with Gasteiger partial charge in [0.2, 0.25) is 11.8 Å². The summed E-state index contributed by atoms with van der Waals surface area (Å²) in [4.78, 5) is 26.1. The van der Waals surface area contributed by atoms with Crippen molar-refractivity contribution in [3.05, 3.63) is 0 Å². The highest BCUT2D eigenvalue weighted by Gasteiger charge is 2.43. The lowest BCUT2D eigenvalue weighted by Gasteiger charge is -2.41. The number of piperidine rings is 1. The zero-order valence-electron chi connectivity index (χ0n) is 13.4. The van der Waals surface area contributed by atoms with Crippen LogP contribution in [0, 0.1) is 22.7 Å². The van der Waals surface area contributed by atoms with E-state index in [4.69, 9.17) is 5.73 Å². The van der Waals surface area contributed by atoms with Crippen molar-refractivity contribution in [3.8, 4) is 6.07 Å². The fourth-order valence-corrected chi connectivity index (χ4v) is 3.25. The third-order valence-corrected chi connectivity index (χ3v) is 4.52. The van der Waals surface area contributed by atoms with Gasteiger partial charge in [0.1, 0.15) is 5.41 Å². The first-order chi connectivity index (χ1) is 9.91. The maximum Gasteiger partial charge on any atom is 0.243 e. The molecule has 1 heterocycles. The van der Waals surface area contributed by atoms with E-state index in [1.807, 2.05) is 20.8 Å². The van der Waals surface area contributed by atoms with Crippen molar-refractivity contribution in [2.24, 2.45) is 17.1 Å². The molecule has 0 aromatic carbocycles. The first-order valence-electron chi connectivity index (χ1n) is 7.93. The molecular weight excluding hydrogens is 266 g/mol. The van der Waals surface area contributed by atoms with Crippen molar-refractivity contribution >= 4 is 11.8 Å². The van der Waals surface area contributed by atoms with Crippen LogP contribution >= 0.6 is 0 Å². The predicted octanol–water partition coefficient (Wildman–Crippen LogP) is 2.21. The summed E-state index contributed by atoms with van der Waals surface area (Å²) in [5.74, 6) is -0.759. The highest BCUT2D eigenvalue weighted by atomic mass is 16.2. The van der Waals surface area contributed by atoms with Crippen LogP contribution in [-0.4, -0.2) is 29.3 Å². The van der Waals surface area contributed by atoms with Crippen LogP contribution in [0.3, 0.4) is 0 Å². The second-order valence-electron chi connectivity index (χ2n) is 6.18. The number of nitrogens with two attached hydrogens (primary N) is 1. The van der Waals surface area contributed by atoms with Gasteiger partial charge in [-0.25, -0.2) is 0 Å². The molecule has 1 rings (SSSR count). The summed E-state index contributed by atoms with van der Waals surface area (Å²) in [6.07, 6.45) is 4.21. The Hall–Kier alpha value is -1.57. The quantitative estimate of drug-likeness (QED) is 0.814. The van der Waals surface area contributed by atoms with Crippen LogP contribution in [0.15, 0.2) is 0 Å². The number of rotatable bonds is 6. The van der Waals surface area contributed by atoms with Crippen molar-refractivity contribution in [3.63, 3.8) is 0 Å². The molecule has 21 heavy (non-hydrogen) atoms. The number of nitrogens with zero attached hydrogens (tertiary/aromatic N) is 2. The molecule has 0 spiro atoms. The van der Waals surface area contributed by atoms with E-state index in [1.54, 1.807) is 4.90 Å². The smallest absolute Gasteiger partial charge is 0.243 e. The highest BCUT2D eigenvalue weighted by Crippen LogP contribution is 2.34. The maximum atomic E-state index is 13.0. The number of primary amides is 1. The molecule has 1 aliphatic rings. The van der Waals surface area contributed by atoms with Gasteiger partial charge in [-0.15, -0.1) is 0 Å². The van der Waals surface area contributed by atoms with E-state index in [0.29, 0.717) is 19.4 Å².